The molecule has 0 radical (unpaired) electrons. The maximum Gasteiger partial charge on any atom is 0.0854 e. The Labute approximate surface area is 80.6 Å². The third kappa shape index (κ3) is 2.93. The van der Waals surface area contributed by atoms with Gasteiger partial charge in [-0.15, -0.1) is 0 Å². The van der Waals surface area contributed by atoms with Crippen molar-refractivity contribution in [3.8, 4) is 0 Å². The first-order valence-corrected chi connectivity index (χ1v) is 5.07. The summed E-state index contributed by atoms with van der Waals surface area (Å²) >= 11 is 0. The van der Waals surface area contributed by atoms with E-state index >= 15 is 0 Å². The predicted molar refractivity (Wildman–Crippen MR) is 52.7 cm³/mol. The van der Waals surface area contributed by atoms with Crippen LogP contribution < -0.4 is 5.73 Å². The summed E-state index contributed by atoms with van der Waals surface area (Å²) in [6.07, 6.45) is 2.36. The molecule has 78 valence electrons. The van der Waals surface area contributed by atoms with Crippen molar-refractivity contribution >= 4 is 0 Å². The van der Waals surface area contributed by atoms with Gasteiger partial charge in [0.25, 0.3) is 0 Å². The third-order valence-electron chi connectivity index (χ3n) is 2.48. The number of ether oxygens (including phenoxy) is 2. The second-order valence-corrected chi connectivity index (χ2v) is 4.19. The molecular formula is C10H21NO2. The fourth-order valence-electron chi connectivity index (χ4n) is 1.97. The quantitative estimate of drug-likeness (QED) is 0.724. The van der Waals surface area contributed by atoms with Gasteiger partial charge in [0.05, 0.1) is 17.8 Å². The fourth-order valence-corrected chi connectivity index (χ4v) is 1.97. The molecule has 3 nitrogen and oxygen atoms in total. The molecule has 0 bridgehead atoms. The predicted octanol–water partition coefficient (Wildman–Crippen LogP) is 1.31. The maximum absolute atomic E-state index is 5.89. The first kappa shape index (κ1) is 11.0. The van der Waals surface area contributed by atoms with Gasteiger partial charge in [0, 0.05) is 26.0 Å². The molecule has 0 spiro atoms. The second-order valence-electron chi connectivity index (χ2n) is 4.19. The Morgan fingerprint density at radius 3 is 2.77 bits per heavy atom. The minimum Gasteiger partial charge on any atom is -0.378 e. The van der Waals surface area contributed by atoms with E-state index in [0.717, 1.165) is 19.4 Å². The summed E-state index contributed by atoms with van der Waals surface area (Å²) < 4.78 is 11.4. The Balaban J connectivity index is 2.56. The molecule has 0 amide bonds. The van der Waals surface area contributed by atoms with E-state index in [1.54, 1.807) is 0 Å². The number of hydrogen-bond acceptors (Lipinski definition) is 3. The summed E-state index contributed by atoms with van der Waals surface area (Å²) in [5.41, 5.74) is 5.64. The maximum atomic E-state index is 5.89. The molecule has 2 unspecified atom stereocenters. The van der Waals surface area contributed by atoms with E-state index in [1.807, 2.05) is 0 Å². The molecule has 2 N–H and O–H groups in total. The Morgan fingerprint density at radius 1 is 1.62 bits per heavy atom. The summed E-state index contributed by atoms with van der Waals surface area (Å²) in [7, 11) is 0. The third-order valence-corrected chi connectivity index (χ3v) is 2.48. The van der Waals surface area contributed by atoms with Gasteiger partial charge in [-0.2, -0.15) is 0 Å². The zero-order valence-corrected chi connectivity index (χ0v) is 8.88. The second kappa shape index (κ2) is 4.40. The van der Waals surface area contributed by atoms with Crippen molar-refractivity contribution in [3.63, 3.8) is 0 Å². The van der Waals surface area contributed by atoms with Crippen molar-refractivity contribution in [1.29, 1.82) is 0 Å². The highest BCUT2D eigenvalue weighted by atomic mass is 16.5. The van der Waals surface area contributed by atoms with Crippen molar-refractivity contribution in [3.05, 3.63) is 0 Å². The van der Waals surface area contributed by atoms with Gasteiger partial charge in [-0.3, -0.25) is 0 Å². The average molecular weight is 187 g/mol. The number of nitrogens with two attached hydrogens (primary N) is 1. The topological polar surface area (TPSA) is 44.5 Å². The van der Waals surface area contributed by atoms with Gasteiger partial charge in [0.2, 0.25) is 0 Å². The van der Waals surface area contributed by atoms with E-state index in [1.165, 1.54) is 0 Å². The van der Waals surface area contributed by atoms with Crippen LogP contribution in [0.25, 0.3) is 0 Å². The molecular weight excluding hydrogens is 166 g/mol. The van der Waals surface area contributed by atoms with Gasteiger partial charge < -0.3 is 15.2 Å². The van der Waals surface area contributed by atoms with Gasteiger partial charge in [-0.05, 0) is 20.8 Å². The van der Waals surface area contributed by atoms with E-state index in [-0.39, 0.29) is 17.8 Å². The van der Waals surface area contributed by atoms with Crippen LogP contribution in [-0.2, 0) is 9.47 Å². The van der Waals surface area contributed by atoms with E-state index in [9.17, 15) is 0 Å². The lowest BCUT2D eigenvalue weighted by Crippen LogP contribution is -2.49. The molecule has 1 rings (SSSR count). The Hall–Kier alpha value is -0.120. The van der Waals surface area contributed by atoms with Gasteiger partial charge >= 0.3 is 0 Å². The first-order valence-electron chi connectivity index (χ1n) is 5.07. The summed E-state index contributed by atoms with van der Waals surface area (Å²) in [6.45, 7) is 7.55. The Morgan fingerprint density at radius 2 is 2.31 bits per heavy atom. The summed E-state index contributed by atoms with van der Waals surface area (Å²) in [5, 5.41) is 0. The molecule has 2 atom stereocenters. The lowest BCUT2D eigenvalue weighted by Gasteiger charge is -2.40. The van der Waals surface area contributed by atoms with Crippen LogP contribution in [0.1, 0.15) is 33.6 Å². The molecule has 0 aromatic carbocycles. The summed E-state index contributed by atoms with van der Waals surface area (Å²) in [6, 6.07) is 0. The minimum atomic E-state index is -0.133. The van der Waals surface area contributed by atoms with Crippen LogP contribution in [0.15, 0.2) is 0 Å². The lowest BCUT2D eigenvalue weighted by atomic mass is 9.90. The molecule has 0 saturated carbocycles. The number of hydrogen-bond donors (Lipinski definition) is 1. The van der Waals surface area contributed by atoms with Gasteiger partial charge in [-0.25, -0.2) is 0 Å². The standard InChI is InChI=1S/C10H21NO2/c1-8(2)13-10(7-11)4-5-12-9(3)6-10/h8-9H,4-7,11H2,1-3H3. The molecule has 0 aromatic rings. The van der Waals surface area contributed by atoms with Crippen LogP contribution in [0, 0.1) is 0 Å². The molecule has 0 aromatic heterocycles. The van der Waals surface area contributed by atoms with Crippen LogP contribution in [0.3, 0.4) is 0 Å². The highest BCUT2D eigenvalue weighted by Gasteiger charge is 2.35. The SMILES string of the molecule is CC(C)OC1(CN)CCOC(C)C1. The zero-order chi connectivity index (χ0) is 9.90. The highest BCUT2D eigenvalue weighted by Crippen LogP contribution is 2.28. The van der Waals surface area contributed by atoms with Crippen molar-refractivity contribution in [2.45, 2.75) is 51.4 Å². The van der Waals surface area contributed by atoms with E-state index < -0.39 is 0 Å². The van der Waals surface area contributed by atoms with E-state index in [4.69, 9.17) is 15.2 Å². The molecule has 1 heterocycles. The van der Waals surface area contributed by atoms with Crippen molar-refractivity contribution in [2.75, 3.05) is 13.2 Å². The fraction of sp³-hybridized carbons (Fsp3) is 1.00. The summed E-state index contributed by atoms with van der Waals surface area (Å²) in [4.78, 5) is 0. The molecule has 1 fully saturated rings. The average Bonchev–Trinajstić information content (AvgIpc) is 2.03. The lowest BCUT2D eigenvalue weighted by molar-refractivity contribution is -0.147. The van der Waals surface area contributed by atoms with Crippen LogP contribution in [0.2, 0.25) is 0 Å². The van der Waals surface area contributed by atoms with Crippen LogP contribution in [0.4, 0.5) is 0 Å². The normalized spacial score (nSPS) is 35.3. The van der Waals surface area contributed by atoms with E-state index in [2.05, 4.69) is 20.8 Å². The highest BCUT2D eigenvalue weighted by molar-refractivity contribution is 4.87. The Kier molecular flexibility index (Phi) is 3.71. The van der Waals surface area contributed by atoms with Gasteiger partial charge in [0.1, 0.15) is 0 Å². The van der Waals surface area contributed by atoms with Crippen molar-refractivity contribution < 1.29 is 9.47 Å². The van der Waals surface area contributed by atoms with Crippen molar-refractivity contribution in [1.82, 2.24) is 0 Å². The zero-order valence-electron chi connectivity index (χ0n) is 8.88. The molecule has 1 aliphatic heterocycles. The molecule has 0 aliphatic carbocycles. The van der Waals surface area contributed by atoms with Crippen LogP contribution in [0.5, 0.6) is 0 Å². The Bertz CT molecular complexity index is 157. The van der Waals surface area contributed by atoms with Crippen LogP contribution in [-0.4, -0.2) is 31.0 Å². The van der Waals surface area contributed by atoms with Crippen LogP contribution >= 0.6 is 0 Å². The number of rotatable bonds is 3. The monoisotopic (exact) mass is 187 g/mol. The smallest absolute Gasteiger partial charge is 0.0854 e. The van der Waals surface area contributed by atoms with E-state index in [0.29, 0.717) is 6.54 Å². The molecule has 13 heavy (non-hydrogen) atoms. The largest absolute Gasteiger partial charge is 0.378 e. The van der Waals surface area contributed by atoms with Gasteiger partial charge in [0.15, 0.2) is 0 Å². The minimum absolute atomic E-state index is 0.133. The van der Waals surface area contributed by atoms with Gasteiger partial charge in [-0.1, -0.05) is 0 Å². The molecule has 3 heteroatoms. The molecule has 1 aliphatic rings. The molecule has 1 saturated heterocycles. The first-order chi connectivity index (χ1) is 6.08. The summed E-state index contributed by atoms with van der Waals surface area (Å²) in [5.74, 6) is 0. The van der Waals surface area contributed by atoms with Crippen molar-refractivity contribution in [2.24, 2.45) is 5.73 Å².